The van der Waals surface area contributed by atoms with Crippen molar-refractivity contribution < 1.29 is 8.42 Å². The predicted octanol–water partition coefficient (Wildman–Crippen LogP) is 2.00. The molecule has 0 atom stereocenters. The van der Waals surface area contributed by atoms with E-state index in [0.29, 0.717) is 0 Å². The first-order chi connectivity index (χ1) is 10.8. The summed E-state index contributed by atoms with van der Waals surface area (Å²) in [7, 11) is -0.0521. The van der Waals surface area contributed by atoms with Gasteiger partial charge in [-0.2, -0.15) is 0 Å². The lowest BCUT2D eigenvalue weighted by atomic mass is 10.1. The highest BCUT2D eigenvalue weighted by Crippen LogP contribution is 2.18. The molecule has 0 saturated carbocycles. The number of rotatable bonds is 7. The molecule has 0 aliphatic carbocycles. The van der Waals surface area contributed by atoms with Crippen LogP contribution >= 0.6 is 11.6 Å². The van der Waals surface area contributed by atoms with Crippen molar-refractivity contribution in [2.24, 2.45) is 7.05 Å². The van der Waals surface area contributed by atoms with Gasteiger partial charge in [0.15, 0.2) is 0 Å². The van der Waals surface area contributed by atoms with Gasteiger partial charge in [0.25, 0.3) is 10.0 Å². The van der Waals surface area contributed by atoms with E-state index < -0.39 is 10.0 Å². The van der Waals surface area contributed by atoms with E-state index in [4.69, 9.17) is 11.6 Å². The van der Waals surface area contributed by atoms with E-state index in [1.54, 1.807) is 7.05 Å². The zero-order valence-corrected chi connectivity index (χ0v) is 15.0. The Labute approximate surface area is 142 Å². The van der Waals surface area contributed by atoms with Crippen molar-refractivity contribution in [2.45, 2.75) is 25.0 Å². The molecule has 0 spiro atoms. The van der Waals surface area contributed by atoms with Crippen molar-refractivity contribution in [2.75, 3.05) is 13.6 Å². The summed E-state index contributed by atoms with van der Waals surface area (Å²) in [5.41, 5.74) is 2.03. The maximum atomic E-state index is 12.3. The molecule has 0 radical (unpaired) electrons. The summed E-state index contributed by atoms with van der Waals surface area (Å²) in [6, 6.07) is 7.84. The summed E-state index contributed by atoms with van der Waals surface area (Å²) in [6.45, 7) is 4.06. The summed E-state index contributed by atoms with van der Waals surface area (Å²) in [4.78, 5) is 6.02. The highest BCUT2D eigenvalue weighted by Gasteiger charge is 2.21. The van der Waals surface area contributed by atoms with Crippen LogP contribution in [0.4, 0.5) is 0 Å². The number of nitrogens with zero attached hydrogens (tertiary/aromatic N) is 3. The van der Waals surface area contributed by atoms with Gasteiger partial charge in [0.05, 0.1) is 6.33 Å². The van der Waals surface area contributed by atoms with E-state index >= 15 is 0 Å². The topological polar surface area (TPSA) is 67.2 Å². The van der Waals surface area contributed by atoms with Crippen LogP contribution in [0.1, 0.15) is 18.1 Å². The number of hydrogen-bond acceptors (Lipinski definition) is 4. The van der Waals surface area contributed by atoms with E-state index in [-0.39, 0.29) is 16.7 Å². The normalized spacial score (nSPS) is 12.0. The molecule has 1 heterocycles. The van der Waals surface area contributed by atoms with Crippen molar-refractivity contribution in [1.82, 2.24) is 19.2 Å². The smallest absolute Gasteiger partial charge is 0.261 e. The van der Waals surface area contributed by atoms with Crippen molar-refractivity contribution in [3.8, 4) is 0 Å². The molecule has 6 nitrogen and oxygen atoms in total. The van der Waals surface area contributed by atoms with Crippen molar-refractivity contribution >= 4 is 21.6 Å². The molecule has 0 bridgehead atoms. The second-order valence-electron chi connectivity index (χ2n) is 5.43. The summed E-state index contributed by atoms with van der Waals surface area (Å²) in [5, 5.41) is -0.0561. The summed E-state index contributed by atoms with van der Waals surface area (Å²) in [6.07, 6.45) is 1.37. The Morgan fingerprint density at radius 1 is 1.35 bits per heavy atom. The number of hydrogen-bond donors (Lipinski definition) is 1. The standard InChI is InChI=1S/C15H21ClN4O2S/c1-4-19(2)10-13-7-5-6-12(8-13)9-18-23(21,22)15-14(16)20(3)11-17-15/h5-8,11,18H,4,9-10H2,1-3H3. The average molecular weight is 357 g/mol. The molecule has 0 amide bonds. The van der Waals surface area contributed by atoms with Crippen molar-refractivity contribution in [1.29, 1.82) is 0 Å². The van der Waals surface area contributed by atoms with Gasteiger partial charge >= 0.3 is 0 Å². The third-order valence-electron chi connectivity index (χ3n) is 3.54. The highest BCUT2D eigenvalue weighted by atomic mass is 35.5. The van der Waals surface area contributed by atoms with Crippen LogP contribution in [-0.4, -0.2) is 36.5 Å². The van der Waals surface area contributed by atoms with Gasteiger partial charge in [0.2, 0.25) is 5.03 Å². The van der Waals surface area contributed by atoms with Crippen LogP contribution in [0.5, 0.6) is 0 Å². The fourth-order valence-electron chi connectivity index (χ4n) is 2.08. The Hall–Kier alpha value is -1.41. The van der Waals surface area contributed by atoms with Gasteiger partial charge in [-0.3, -0.25) is 0 Å². The molecule has 0 unspecified atom stereocenters. The van der Waals surface area contributed by atoms with E-state index in [9.17, 15) is 8.42 Å². The zero-order chi connectivity index (χ0) is 17.0. The first kappa shape index (κ1) is 17.9. The van der Waals surface area contributed by atoms with E-state index in [2.05, 4.69) is 21.5 Å². The van der Waals surface area contributed by atoms with Gasteiger partial charge in [-0.05, 0) is 24.7 Å². The summed E-state index contributed by atoms with van der Waals surface area (Å²) < 4.78 is 28.5. The molecule has 1 aromatic heterocycles. The van der Waals surface area contributed by atoms with E-state index in [1.807, 2.05) is 31.3 Å². The van der Waals surface area contributed by atoms with Crippen molar-refractivity contribution in [3.63, 3.8) is 0 Å². The Morgan fingerprint density at radius 2 is 2.04 bits per heavy atom. The fourth-order valence-corrected chi connectivity index (χ4v) is 3.52. The van der Waals surface area contributed by atoms with Crippen LogP contribution in [-0.2, 0) is 30.2 Å². The Bertz CT molecular complexity index is 774. The lowest BCUT2D eigenvalue weighted by Gasteiger charge is -2.14. The molecule has 126 valence electrons. The lowest BCUT2D eigenvalue weighted by molar-refractivity contribution is 0.345. The first-order valence-corrected chi connectivity index (χ1v) is 9.12. The second kappa shape index (κ2) is 7.44. The minimum atomic E-state index is -3.73. The Morgan fingerprint density at radius 3 is 2.65 bits per heavy atom. The molecule has 0 aliphatic rings. The zero-order valence-electron chi connectivity index (χ0n) is 13.5. The molecule has 2 rings (SSSR count). The largest absolute Gasteiger partial charge is 0.324 e. The van der Waals surface area contributed by atoms with Gasteiger partial charge < -0.3 is 9.47 Å². The fraction of sp³-hybridized carbons (Fsp3) is 0.400. The van der Waals surface area contributed by atoms with Crippen LogP contribution in [0.3, 0.4) is 0 Å². The maximum Gasteiger partial charge on any atom is 0.261 e. The van der Waals surface area contributed by atoms with Gasteiger partial charge in [0, 0.05) is 20.1 Å². The van der Waals surface area contributed by atoms with Gasteiger partial charge in [0.1, 0.15) is 5.15 Å². The summed E-state index contributed by atoms with van der Waals surface area (Å²) >= 11 is 5.95. The van der Waals surface area contributed by atoms with Crippen LogP contribution < -0.4 is 4.72 Å². The average Bonchev–Trinajstić information content (AvgIpc) is 2.86. The summed E-state index contributed by atoms with van der Waals surface area (Å²) in [5.74, 6) is 0. The number of nitrogens with one attached hydrogen (secondary N) is 1. The Kier molecular flexibility index (Phi) is 5.80. The number of aryl methyl sites for hydroxylation is 1. The molecule has 1 N–H and O–H groups in total. The van der Waals surface area contributed by atoms with Gasteiger partial charge in [-0.15, -0.1) is 0 Å². The predicted molar refractivity (Wildman–Crippen MR) is 90.7 cm³/mol. The number of aromatic nitrogens is 2. The molecule has 2 aromatic rings. The molecule has 8 heteroatoms. The van der Waals surface area contributed by atoms with Crippen LogP contribution in [0.15, 0.2) is 35.6 Å². The molecular weight excluding hydrogens is 336 g/mol. The number of halogens is 1. The minimum absolute atomic E-state index is 0.0934. The lowest BCUT2D eigenvalue weighted by Crippen LogP contribution is -2.24. The first-order valence-electron chi connectivity index (χ1n) is 7.26. The second-order valence-corrected chi connectivity index (χ2v) is 7.47. The number of sulfonamides is 1. The van der Waals surface area contributed by atoms with Crippen LogP contribution in [0.2, 0.25) is 5.15 Å². The van der Waals surface area contributed by atoms with E-state index in [0.717, 1.165) is 24.2 Å². The number of benzene rings is 1. The molecule has 23 heavy (non-hydrogen) atoms. The minimum Gasteiger partial charge on any atom is -0.324 e. The molecule has 0 fully saturated rings. The van der Waals surface area contributed by atoms with Gasteiger partial charge in [-0.1, -0.05) is 42.8 Å². The maximum absolute atomic E-state index is 12.3. The van der Waals surface area contributed by atoms with Gasteiger partial charge in [-0.25, -0.2) is 18.1 Å². The third kappa shape index (κ3) is 4.54. The van der Waals surface area contributed by atoms with Crippen LogP contribution in [0, 0.1) is 0 Å². The van der Waals surface area contributed by atoms with Crippen LogP contribution in [0.25, 0.3) is 0 Å². The van der Waals surface area contributed by atoms with Crippen molar-refractivity contribution in [3.05, 3.63) is 46.9 Å². The molecule has 0 saturated heterocycles. The third-order valence-corrected chi connectivity index (χ3v) is 5.43. The number of imidazole rings is 1. The quantitative estimate of drug-likeness (QED) is 0.824. The molecule has 0 aliphatic heterocycles. The SMILES string of the molecule is CCN(C)Cc1cccc(CNS(=O)(=O)c2ncn(C)c2Cl)c1. The molecule has 1 aromatic carbocycles. The Balaban J connectivity index is 2.08. The monoisotopic (exact) mass is 356 g/mol. The molecular formula is C15H21ClN4O2S. The highest BCUT2D eigenvalue weighted by molar-refractivity contribution is 7.89. The van der Waals surface area contributed by atoms with E-state index in [1.165, 1.54) is 10.9 Å².